The van der Waals surface area contributed by atoms with Gasteiger partial charge in [0.05, 0.1) is 6.26 Å². The molecule has 11 heavy (non-hydrogen) atoms. The largest absolute Gasteiger partial charge is 0.330 e. The van der Waals surface area contributed by atoms with Crippen LogP contribution in [0.25, 0.3) is 0 Å². The normalized spacial score (nSPS) is 12.4. The maximum atomic E-state index is 11.0. The molecule has 0 aliphatic carbocycles. The first-order valence-corrected chi connectivity index (χ1v) is 5.52. The molecule has 0 saturated heterocycles. The molecule has 0 aromatic heterocycles. The summed E-state index contributed by atoms with van der Waals surface area (Å²) < 4.78 is 23.3. The Balaban J connectivity index is 3.97. The summed E-state index contributed by atoms with van der Waals surface area (Å²) >= 11 is 0. The molecule has 4 nitrogen and oxygen atoms in total. The SMILES string of the molecule is CCN(CCCN)S(C)(=O)=O. The van der Waals surface area contributed by atoms with Gasteiger partial charge in [-0.1, -0.05) is 6.92 Å². The first-order valence-electron chi connectivity index (χ1n) is 3.67. The van der Waals surface area contributed by atoms with Crippen LogP contribution in [0.1, 0.15) is 13.3 Å². The Kier molecular flexibility index (Phi) is 4.63. The van der Waals surface area contributed by atoms with E-state index in [9.17, 15) is 8.42 Å². The van der Waals surface area contributed by atoms with Crippen LogP contribution in [0, 0.1) is 0 Å². The smallest absolute Gasteiger partial charge is 0.211 e. The van der Waals surface area contributed by atoms with Crippen LogP contribution in [-0.2, 0) is 10.0 Å². The van der Waals surface area contributed by atoms with Crippen LogP contribution in [0.2, 0.25) is 0 Å². The summed E-state index contributed by atoms with van der Waals surface area (Å²) in [4.78, 5) is 0. The lowest BCUT2D eigenvalue weighted by atomic mass is 10.4. The van der Waals surface area contributed by atoms with Gasteiger partial charge in [0.1, 0.15) is 0 Å². The number of sulfonamides is 1. The summed E-state index contributed by atoms with van der Waals surface area (Å²) in [5, 5.41) is 0. The fourth-order valence-corrected chi connectivity index (χ4v) is 1.76. The summed E-state index contributed by atoms with van der Waals surface area (Å²) in [6.45, 7) is 3.41. The summed E-state index contributed by atoms with van der Waals surface area (Å²) in [5.41, 5.74) is 5.25. The second kappa shape index (κ2) is 4.69. The number of rotatable bonds is 5. The van der Waals surface area contributed by atoms with Crippen molar-refractivity contribution in [3.05, 3.63) is 0 Å². The molecule has 0 atom stereocenters. The highest BCUT2D eigenvalue weighted by Crippen LogP contribution is 1.97. The monoisotopic (exact) mass is 180 g/mol. The van der Waals surface area contributed by atoms with Gasteiger partial charge in [-0.2, -0.15) is 0 Å². The van der Waals surface area contributed by atoms with E-state index in [0.29, 0.717) is 19.6 Å². The molecule has 0 bridgehead atoms. The zero-order chi connectivity index (χ0) is 8.91. The van der Waals surface area contributed by atoms with Crippen molar-refractivity contribution in [2.75, 3.05) is 25.9 Å². The first kappa shape index (κ1) is 10.9. The second-order valence-electron chi connectivity index (χ2n) is 2.40. The van der Waals surface area contributed by atoms with Gasteiger partial charge in [0.2, 0.25) is 10.0 Å². The average Bonchev–Trinajstić information content (AvgIpc) is 1.87. The Morgan fingerprint density at radius 3 is 2.27 bits per heavy atom. The van der Waals surface area contributed by atoms with E-state index in [1.54, 1.807) is 0 Å². The lowest BCUT2D eigenvalue weighted by Gasteiger charge is -2.16. The van der Waals surface area contributed by atoms with Crippen molar-refractivity contribution >= 4 is 10.0 Å². The summed E-state index contributed by atoms with van der Waals surface area (Å²) in [7, 11) is -3.01. The third kappa shape index (κ3) is 4.34. The van der Waals surface area contributed by atoms with Crippen molar-refractivity contribution < 1.29 is 8.42 Å². The minimum absolute atomic E-state index is 0.527. The molecule has 0 aromatic rings. The van der Waals surface area contributed by atoms with Gasteiger partial charge >= 0.3 is 0 Å². The maximum absolute atomic E-state index is 11.0. The Hall–Kier alpha value is -0.130. The highest BCUT2D eigenvalue weighted by Gasteiger charge is 2.12. The van der Waals surface area contributed by atoms with Crippen molar-refractivity contribution in [3.63, 3.8) is 0 Å². The third-order valence-corrected chi connectivity index (χ3v) is 2.81. The van der Waals surface area contributed by atoms with Gasteiger partial charge in [0.15, 0.2) is 0 Å². The molecular weight excluding hydrogens is 164 g/mol. The predicted octanol–water partition coefficient (Wildman–Crippen LogP) is -0.383. The molecule has 2 N–H and O–H groups in total. The molecule has 0 saturated carbocycles. The summed E-state index contributed by atoms with van der Waals surface area (Å²) in [6, 6.07) is 0. The quantitative estimate of drug-likeness (QED) is 0.627. The van der Waals surface area contributed by atoms with Crippen LogP contribution in [0.5, 0.6) is 0 Å². The van der Waals surface area contributed by atoms with Gasteiger partial charge in [-0.3, -0.25) is 0 Å². The van der Waals surface area contributed by atoms with E-state index in [4.69, 9.17) is 5.73 Å². The molecule has 0 aliphatic heterocycles. The van der Waals surface area contributed by atoms with E-state index in [1.807, 2.05) is 6.92 Å². The molecule has 0 aliphatic rings. The van der Waals surface area contributed by atoms with Gasteiger partial charge in [0.25, 0.3) is 0 Å². The predicted molar refractivity (Wildman–Crippen MR) is 45.8 cm³/mol. The van der Waals surface area contributed by atoms with Crippen molar-refractivity contribution in [1.82, 2.24) is 4.31 Å². The Bertz CT molecular complexity index is 189. The highest BCUT2D eigenvalue weighted by molar-refractivity contribution is 7.88. The van der Waals surface area contributed by atoms with Crippen LogP contribution in [0.4, 0.5) is 0 Å². The molecule has 0 spiro atoms. The summed E-state index contributed by atoms with van der Waals surface area (Å²) in [5.74, 6) is 0. The topological polar surface area (TPSA) is 63.4 Å². The van der Waals surface area contributed by atoms with Gasteiger partial charge in [-0.15, -0.1) is 0 Å². The van der Waals surface area contributed by atoms with E-state index < -0.39 is 10.0 Å². The van der Waals surface area contributed by atoms with Gasteiger partial charge < -0.3 is 5.73 Å². The summed E-state index contributed by atoms with van der Waals surface area (Å²) in [6.07, 6.45) is 1.94. The Labute approximate surface area is 68.4 Å². The van der Waals surface area contributed by atoms with Crippen molar-refractivity contribution in [3.8, 4) is 0 Å². The van der Waals surface area contributed by atoms with E-state index in [1.165, 1.54) is 10.6 Å². The third-order valence-electron chi connectivity index (χ3n) is 1.43. The molecule has 68 valence electrons. The molecule has 5 heteroatoms. The molecule has 0 amide bonds. The first-order chi connectivity index (χ1) is 5.02. The van der Waals surface area contributed by atoms with Gasteiger partial charge in [-0.05, 0) is 13.0 Å². The van der Waals surface area contributed by atoms with Crippen LogP contribution in [-0.4, -0.2) is 38.6 Å². The van der Waals surface area contributed by atoms with Crippen molar-refractivity contribution in [1.29, 1.82) is 0 Å². The molecular formula is C6H16N2O2S. The highest BCUT2D eigenvalue weighted by atomic mass is 32.2. The van der Waals surface area contributed by atoms with E-state index in [-0.39, 0.29) is 0 Å². The second-order valence-corrected chi connectivity index (χ2v) is 4.38. The fourth-order valence-electron chi connectivity index (χ4n) is 0.826. The molecule has 0 fully saturated rings. The average molecular weight is 180 g/mol. The molecule has 0 aromatic carbocycles. The number of nitrogens with two attached hydrogens (primary N) is 1. The minimum atomic E-state index is -3.01. The van der Waals surface area contributed by atoms with Crippen molar-refractivity contribution in [2.45, 2.75) is 13.3 Å². The lowest BCUT2D eigenvalue weighted by molar-refractivity contribution is 0.427. The van der Waals surface area contributed by atoms with Crippen LogP contribution in [0.15, 0.2) is 0 Å². The van der Waals surface area contributed by atoms with E-state index in [0.717, 1.165) is 6.42 Å². The zero-order valence-electron chi connectivity index (χ0n) is 7.08. The number of hydrogen-bond donors (Lipinski definition) is 1. The fraction of sp³-hybridized carbons (Fsp3) is 1.00. The van der Waals surface area contributed by atoms with E-state index >= 15 is 0 Å². The minimum Gasteiger partial charge on any atom is -0.330 e. The lowest BCUT2D eigenvalue weighted by Crippen LogP contribution is -2.31. The van der Waals surface area contributed by atoms with Gasteiger partial charge in [0, 0.05) is 13.1 Å². The number of hydrogen-bond acceptors (Lipinski definition) is 3. The molecule has 0 heterocycles. The molecule has 0 radical (unpaired) electrons. The maximum Gasteiger partial charge on any atom is 0.211 e. The standard InChI is InChI=1S/C6H16N2O2S/c1-3-8(6-4-5-7)11(2,9)10/h3-7H2,1-2H3. The van der Waals surface area contributed by atoms with Crippen LogP contribution >= 0.6 is 0 Å². The Morgan fingerprint density at radius 2 is 2.00 bits per heavy atom. The number of nitrogens with zero attached hydrogens (tertiary/aromatic N) is 1. The van der Waals surface area contributed by atoms with Crippen LogP contribution in [0.3, 0.4) is 0 Å². The van der Waals surface area contributed by atoms with Crippen molar-refractivity contribution in [2.24, 2.45) is 5.73 Å². The van der Waals surface area contributed by atoms with Crippen LogP contribution < -0.4 is 5.73 Å². The molecule has 0 rings (SSSR count). The zero-order valence-corrected chi connectivity index (χ0v) is 7.89. The Morgan fingerprint density at radius 1 is 1.45 bits per heavy atom. The van der Waals surface area contributed by atoms with Gasteiger partial charge in [-0.25, -0.2) is 12.7 Å². The molecule has 0 unspecified atom stereocenters. The van der Waals surface area contributed by atoms with E-state index in [2.05, 4.69) is 0 Å².